The second-order valence-electron chi connectivity index (χ2n) is 7.19. The normalized spacial score (nSPS) is 12.2. The van der Waals surface area contributed by atoms with Gasteiger partial charge in [-0.1, -0.05) is 53.7 Å². The first-order valence-corrected chi connectivity index (χ1v) is 10.2. The summed E-state index contributed by atoms with van der Waals surface area (Å²) >= 11 is 0. The highest BCUT2D eigenvalue weighted by atomic mass is 16.6. The summed E-state index contributed by atoms with van der Waals surface area (Å²) < 4.78 is 5.24. The predicted octanol–water partition coefficient (Wildman–Crippen LogP) is 5.05. The number of nitrogens with zero attached hydrogens (tertiary/aromatic N) is 2. The third kappa shape index (κ3) is 7.26. The van der Waals surface area contributed by atoms with Gasteiger partial charge in [0.15, 0.2) is 12.7 Å². The fraction of sp³-hybridized carbons (Fsp3) is 0.240. The zero-order valence-corrected chi connectivity index (χ0v) is 17.5. The maximum Gasteiger partial charge on any atom is 0.341 e. The second-order valence-corrected chi connectivity index (χ2v) is 7.19. The fourth-order valence-electron chi connectivity index (χ4n) is 3.15. The van der Waals surface area contributed by atoms with Crippen molar-refractivity contribution in [3.8, 4) is 5.75 Å². The molecule has 0 spiro atoms. The lowest BCUT2D eigenvalue weighted by molar-refractivity contribution is -0.139. The number of carbonyl (C=O) groups is 1. The third-order valence-corrected chi connectivity index (χ3v) is 4.67. The number of pyridine rings is 1. The molecule has 1 aromatic heterocycles. The lowest BCUT2D eigenvalue weighted by Crippen LogP contribution is -2.09. The lowest BCUT2D eigenvalue weighted by atomic mass is 10.0. The monoisotopic (exact) mass is 418 g/mol. The van der Waals surface area contributed by atoms with E-state index in [4.69, 9.17) is 14.7 Å². The number of aliphatic carboxylic acids is 1. The van der Waals surface area contributed by atoms with Crippen molar-refractivity contribution in [2.45, 2.75) is 32.3 Å². The van der Waals surface area contributed by atoms with Crippen molar-refractivity contribution < 1.29 is 19.5 Å². The van der Waals surface area contributed by atoms with E-state index in [-0.39, 0.29) is 12.7 Å². The molecule has 1 atom stereocenters. The number of aryl methyl sites for hydroxylation is 1. The Bertz CT molecular complexity index is 951. The molecule has 1 heterocycles. The number of aromatic nitrogens is 1. The molecule has 0 radical (unpaired) electrons. The summed E-state index contributed by atoms with van der Waals surface area (Å²) in [7, 11) is 0. The highest BCUT2D eigenvalue weighted by molar-refractivity contribution is 5.81. The van der Waals surface area contributed by atoms with Crippen LogP contribution < -0.4 is 4.74 Å². The van der Waals surface area contributed by atoms with E-state index in [2.05, 4.69) is 10.1 Å². The minimum Gasteiger partial charge on any atom is -0.482 e. The van der Waals surface area contributed by atoms with Gasteiger partial charge in [-0.25, -0.2) is 4.79 Å². The minimum atomic E-state index is -0.989. The van der Waals surface area contributed by atoms with Gasteiger partial charge in [-0.05, 0) is 55.5 Å². The molecular weight excluding hydrogens is 392 g/mol. The molecule has 0 saturated carbocycles. The average molecular weight is 418 g/mol. The number of ether oxygens (including phenoxy) is 1. The van der Waals surface area contributed by atoms with E-state index < -0.39 is 5.97 Å². The van der Waals surface area contributed by atoms with E-state index in [0.29, 0.717) is 5.75 Å². The van der Waals surface area contributed by atoms with E-state index in [1.165, 1.54) is 0 Å². The van der Waals surface area contributed by atoms with Crippen LogP contribution in [0.3, 0.4) is 0 Å². The second kappa shape index (κ2) is 11.5. The van der Waals surface area contributed by atoms with Crippen molar-refractivity contribution in [1.29, 1.82) is 0 Å². The summed E-state index contributed by atoms with van der Waals surface area (Å²) in [5, 5.41) is 13.1. The number of carboxylic acid groups (broad SMARTS) is 1. The largest absolute Gasteiger partial charge is 0.482 e. The lowest BCUT2D eigenvalue weighted by Gasteiger charge is -2.16. The molecule has 0 bridgehead atoms. The van der Waals surface area contributed by atoms with Crippen LogP contribution in [0.4, 0.5) is 0 Å². The molecule has 0 fully saturated rings. The van der Waals surface area contributed by atoms with Crippen LogP contribution in [0.25, 0.3) is 0 Å². The average Bonchev–Trinajstić information content (AvgIpc) is 2.79. The van der Waals surface area contributed by atoms with Crippen LogP contribution in [0.1, 0.15) is 42.6 Å². The van der Waals surface area contributed by atoms with Crippen LogP contribution in [0.2, 0.25) is 0 Å². The summed E-state index contributed by atoms with van der Waals surface area (Å²) in [6.07, 6.45) is 5.73. The van der Waals surface area contributed by atoms with Gasteiger partial charge >= 0.3 is 5.97 Å². The Kier molecular flexibility index (Phi) is 8.17. The van der Waals surface area contributed by atoms with Gasteiger partial charge in [0.2, 0.25) is 0 Å². The van der Waals surface area contributed by atoms with Crippen molar-refractivity contribution in [3.05, 3.63) is 95.8 Å². The topological polar surface area (TPSA) is 81.0 Å². The van der Waals surface area contributed by atoms with E-state index in [1.54, 1.807) is 18.5 Å². The molecule has 160 valence electrons. The van der Waals surface area contributed by atoms with Gasteiger partial charge in [0, 0.05) is 18.0 Å². The van der Waals surface area contributed by atoms with Crippen LogP contribution in [-0.2, 0) is 16.1 Å². The van der Waals surface area contributed by atoms with Gasteiger partial charge in [0.25, 0.3) is 0 Å². The van der Waals surface area contributed by atoms with Crippen molar-refractivity contribution in [2.24, 2.45) is 5.16 Å². The van der Waals surface area contributed by atoms with Crippen molar-refractivity contribution in [2.75, 3.05) is 6.61 Å². The molecule has 1 unspecified atom stereocenters. The molecule has 6 heteroatoms. The number of benzene rings is 2. The Morgan fingerprint density at radius 2 is 1.87 bits per heavy atom. The van der Waals surface area contributed by atoms with Gasteiger partial charge in [0.05, 0.1) is 5.71 Å². The van der Waals surface area contributed by atoms with Gasteiger partial charge in [-0.3, -0.25) is 4.98 Å². The molecule has 0 aliphatic rings. The van der Waals surface area contributed by atoms with Crippen LogP contribution in [-0.4, -0.2) is 28.4 Å². The summed E-state index contributed by atoms with van der Waals surface area (Å²) in [4.78, 5) is 20.8. The van der Waals surface area contributed by atoms with E-state index in [0.717, 1.165) is 41.7 Å². The van der Waals surface area contributed by atoms with Gasteiger partial charge in [0.1, 0.15) is 5.75 Å². The Balaban J connectivity index is 1.56. The van der Waals surface area contributed by atoms with E-state index >= 15 is 0 Å². The van der Waals surface area contributed by atoms with Gasteiger partial charge < -0.3 is 14.7 Å². The maximum atomic E-state index is 10.6. The molecule has 0 saturated heterocycles. The highest BCUT2D eigenvalue weighted by Gasteiger charge is 2.15. The smallest absolute Gasteiger partial charge is 0.341 e. The zero-order valence-electron chi connectivity index (χ0n) is 17.5. The molecule has 1 N–H and O–H groups in total. The van der Waals surface area contributed by atoms with Crippen molar-refractivity contribution in [1.82, 2.24) is 4.98 Å². The third-order valence-electron chi connectivity index (χ3n) is 4.67. The zero-order chi connectivity index (χ0) is 21.9. The first kappa shape index (κ1) is 22.0. The molecule has 3 aromatic rings. The first-order chi connectivity index (χ1) is 15.1. The molecular formula is C25H26N2O4. The summed E-state index contributed by atoms with van der Waals surface area (Å²) in [6.45, 7) is 1.61. The quantitative estimate of drug-likeness (QED) is 0.348. The Morgan fingerprint density at radius 1 is 1.06 bits per heavy atom. The van der Waals surface area contributed by atoms with Crippen LogP contribution in [0, 0.1) is 0 Å². The summed E-state index contributed by atoms with van der Waals surface area (Å²) in [5.41, 5.74) is 3.96. The maximum absolute atomic E-state index is 10.6. The predicted molar refractivity (Wildman–Crippen MR) is 119 cm³/mol. The number of hydrogen-bond acceptors (Lipinski definition) is 5. The molecule has 0 amide bonds. The van der Waals surface area contributed by atoms with Gasteiger partial charge in [-0.15, -0.1) is 0 Å². The number of carboxylic acids is 1. The SMILES string of the molecule is C/C(CCCc1cccc(OCC(=O)O)c1)=N/OC(c1ccccc1)c1cccnc1. The first-order valence-electron chi connectivity index (χ1n) is 10.2. The molecule has 0 aliphatic carbocycles. The van der Waals surface area contributed by atoms with Crippen molar-refractivity contribution >= 4 is 11.7 Å². The molecule has 31 heavy (non-hydrogen) atoms. The van der Waals surface area contributed by atoms with E-state index in [9.17, 15) is 4.79 Å². The number of rotatable bonds is 11. The summed E-state index contributed by atoms with van der Waals surface area (Å²) in [5.74, 6) is -0.423. The van der Waals surface area contributed by atoms with Crippen LogP contribution >= 0.6 is 0 Å². The van der Waals surface area contributed by atoms with Gasteiger partial charge in [-0.2, -0.15) is 0 Å². The molecule has 2 aromatic carbocycles. The highest BCUT2D eigenvalue weighted by Crippen LogP contribution is 2.25. The van der Waals surface area contributed by atoms with Crippen LogP contribution in [0.15, 0.2) is 84.3 Å². The molecule has 0 aliphatic heterocycles. The minimum absolute atomic E-state index is 0.312. The van der Waals surface area contributed by atoms with Crippen molar-refractivity contribution in [3.63, 3.8) is 0 Å². The Hall–Kier alpha value is -3.67. The standard InChI is InChI=1S/C25H26N2O4/c1-19(8-5-9-20-10-6-14-23(16-20)30-18-24(28)29)27-31-25(21-11-3-2-4-12-21)22-13-7-15-26-17-22/h2-4,6-7,10-17,25H,5,8-9,18H2,1H3,(H,28,29)/b27-19-. The molecule has 3 rings (SSSR count). The van der Waals surface area contributed by atoms with E-state index in [1.807, 2.05) is 67.6 Å². The van der Waals surface area contributed by atoms with Crippen LogP contribution in [0.5, 0.6) is 5.75 Å². The number of hydrogen-bond donors (Lipinski definition) is 1. The Morgan fingerprint density at radius 3 is 2.61 bits per heavy atom. The Labute approximate surface area is 182 Å². The summed E-state index contributed by atoms with van der Waals surface area (Å²) in [6, 6.07) is 21.3. The molecule has 6 nitrogen and oxygen atoms in total. The fourth-order valence-corrected chi connectivity index (χ4v) is 3.15. The number of oxime groups is 1.